The van der Waals surface area contributed by atoms with Gasteiger partial charge in [0.1, 0.15) is 5.75 Å². The van der Waals surface area contributed by atoms with Gasteiger partial charge < -0.3 is 20.3 Å². The van der Waals surface area contributed by atoms with Crippen LogP contribution in [0, 0.1) is 12.8 Å². The van der Waals surface area contributed by atoms with Gasteiger partial charge in [0.15, 0.2) is 5.96 Å². The number of ether oxygens (including phenoxy) is 1. The summed E-state index contributed by atoms with van der Waals surface area (Å²) in [6.45, 7) is 5.82. The Kier molecular flexibility index (Phi) is 7.43. The molecule has 1 aliphatic heterocycles. The third-order valence-corrected chi connectivity index (χ3v) is 4.48. The largest absolute Gasteiger partial charge is 0.434 e. The van der Waals surface area contributed by atoms with E-state index in [4.69, 9.17) is 0 Å². The van der Waals surface area contributed by atoms with Crippen LogP contribution in [0.4, 0.5) is 8.78 Å². The molecule has 0 bridgehead atoms. The lowest BCUT2D eigenvalue weighted by Crippen LogP contribution is -2.40. The van der Waals surface area contributed by atoms with Crippen molar-refractivity contribution >= 4 is 5.96 Å². The molecule has 1 aromatic carbocycles. The maximum atomic E-state index is 12.5. The SMILES string of the molecule is CCN1CCC(CNC(=NC)NCc2cc(C)ccc2OC(F)F)C1. The number of rotatable bonds is 7. The predicted octanol–water partition coefficient (Wildman–Crippen LogP) is 2.60. The van der Waals surface area contributed by atoms with Crippen LogP contribution in [-0.2, 0) is 6.54 Å². The Balaban J connectivity index is 1.87. The molecule has 5 nitrogen and oxygen atoms in total. The third kappa shape index (κ3) is 6.16. The Morgan fingerprint density at radius 2 is 2.20 bits per heavy atom. The topological polar surface area (TPSA) is 48.9 Å². The highest BCUT2D eigenvalue weighted by Gasteiger charge is 2.21. The zero-order chi connectivity index (χ0) is 18.2. The van der Waals surface area contributed by atoms with E-state index in [9.17, 15) is 8.78 Å². The second-order valence-corrected chi connectivity index (χ2v) is 6.34. The van der Waals surface area contributed by atoms with Crippen LogP contribution in [0.2, 0.25) is 0 Å². The summed E-state index contributed by atoms with van der Waals surface area (Å²) in [7, 11) is 1.70. The molecule has 7 heteroatoms. The van der Waals surface area contributed by atoms with E-state index in [1.807, 2.05) is 13.0 Å². The Labute approximate surface area is 148 Å². The second-order valence-electron chi connectivity index (χ2n) is 6.34. The van der Waals surface area contributed by atoms with E-state index in [-0.39, 0.29) is 5.75 Å². The maximum absolute atomic E-state index is 12.5. The van der Waals surface area contributed by atoms with E-state index in [0.29, 0.717) is 24.0 Å². The fourth-order valence-corrected chi connectivity index (χ4v) is 3.06. The number of aliphatic imine (C=N–C) groups is 1. The Bertz CT molecular complexity index is 580. The first-order valence-corrected chi connectivity index (χ1v) is 8.73. The van der Waals surface area contributed by atoms with E-state index in [2.05, 4.69) is 32.2 Å². The molecule has 1 fully saturated rings. The summed E-state index contributed by atoms with van der Waals surface area (Å²) in [6, 6.07) is 5.18. The highest BCUT2D eigenvalue weighted by atomic mass is 19.3. The zero-order valence-electron chi connectivity index (χ0n) is 15.2. The number of nitrogens with zero attached hydrogens (tertiary/aromatic N) is 2. The van der Waals surface area contributed by atoms with Gasteiger partial charge in [0, 0.05) is 32.2 Å². The van der Waals surface area contributed by atoms with E-state index in [0.717, 1.165) is 31.7 Å². The summed E-state index contributed by atoms with van der Waals surface area (Å²) < 4.78 is 29.7. The quantitative estimate of drug-likeness (QED) is 0.584. The molecule has 1 unspecified atom stereocenters. The van der Waals surface area contributed by atoms with Gasteiger partial charge in [0.2, 0.25) is 0 Å². The Morgan fingerprint density at radius 3 is 2.84 bits per heavy atom. The van der Waals surface area contributed by atoms with Gasteiger partial charge in [-0.2, -0.15) is 8.78 Å². The zero-order valence-corrected chi connectivity index (χ0v) is 15.2. The normalized spacial score (nSPS) is 18.6. The summed E-state index contributed by atoms with van der Waals surface area (Å²) in [5.41, 5.74) is 1.67. The molecule has 0 amide bonds. The lowest BCUT2D eigenvalue weighted by Gasteiger charge is -2.17. The van der Waals surface area contributed by atoms with Crippen molar-refractivity contribution in [2.24, 2.45) is 10.9 Å². The smallest absolute Gasteiger partial charge is 0.387 e. The van der Waals surface area contributed by atoms with Crippen molar-refractivity contribution in [2.45, 2.75) is 33.4 Å². The molecule has 2 rings (SSSR count). The molecule has 1 heterocycles. The van der Waals surface area contributed by atoms with E-state index >= 15 is 0 Å². The number of guanidine groups is 1. The highest BCUT2D eigenvalue weighted by Crippen LogP contribution is 2.22. The van der Waals surface area contributed by atoms with Gasteiger partial charge in [0.05, 0.1) is 0 Å². The summed E-state index contributed by atoms with van der Waals surface area (Å²) in [5.74, 6) is 1.47. The average Bonchev–Trinajstić information content (AvgIpc) is 3.05. The summed E-state index contributed by atoms with van der Waals surface area (Å²) in [5, 5.41) is 6.50. The van der Waals surface area contributed by atoms with Crippen LogP contribution in [0.25, 0.3) is 0 Å². The maximum Gasteiger partial charge on any atom is 0.387 e. The van der Waals surface area contributed by atoms with Gasteiger partial charge >= 0.3 is 6.61 Å². The minimum atomic E-state index is -2.83. The predicted molar refractivity (Wildman–Crippen MR) is 96.2 cm³/mol. The van der Waals surface area contributed by atoms with Crippen molar-refractivity contribution in [3.8, 4) is 5.75 Å². The summed E-state index contributed by atoms with van der Waals surface area (Å²) >= 11 is 0. The van der Waals surface area contributed by atoms with Crippen LogP contribution >= 0.6 is 0 Å². The fraction of sp³-hybridized carbons (Fsp3) is 0.611. The number of nitrogens with one attached hydrogen (secondary N) is 2. The molecular weight excluding hydrogens is 326 g/mol. The average molecular weight is 354 g/mol. The monoisotopic (exact) mass is 354 g/mol. The third-order valence-electron chi connectivity index (χ3n) is 4.48. The number of alkyl halides is 2. The lowest BCUT2D eigenvalue weighted by molar-refractivity contribution is -0.0504. The molecule has 0 spiro atoms. The Morgan fingerprint density at radius 1 is 1.40 bits per heavy atom. The molecule has 1 aromatic rings. The minimum absolute atomic E-state index is 0.193. The standard InChI is InChI=1S/C18H28F2N4O/c1-4-24-8-7-14(12-24)10-22-18(21-3)23-11-15-9-13(2)5-6-16(15)25-17(19)20/h5-6,9,14,17H,4,7-8,10-12H2,1-3H3,(H2,21,22,23). The molecule has 25 heavy (non-hydrogen) atoms. The van der Waals surface area contributed by atoms with Gasteiger partial charge in [-0.1, -0.05) is 24.6 Å². The molecule has 1 aliphatic rings. The van der Waals surface area contributed by atoms with Gasteiger partial charge in [-0.25, -0.2) is 0 Å². The molecule has 1 saturated heterocycles. The molecule has 0 aliphatic carbocycles. The van der Waals surface area contributed by atoms with Crippen LogP contribution in [0.1, 0.15) is 24.5 Å². The van der Waals surface area contributed by atoms with Crippen LogP contribution in [0.15, 0.2) is 23.2 Å². The fourth-order valence-electron chi connectivity index (χ4n) is 3.06. The van der Waals surface area contributed by atoms with E-state index < -0.39 is 6.61 Å². The van der Waals surface area contributed by atoms with E-state index in [1.54, 1.807) is 19.2 Å². The van der Waals surface area contributed by atoms with Crippen molar-refractivity contribution in [3.63, 3.8) is 0 Å². The first-order chi connectivity index (χ1) is 12.0. The number of benzene rings is 1. The molecule has 140 valence electrons. The number of halogens is 2. The van der Waals surface area contributed by atoms with Gasteiger partial charge in [-0.05, 0) is 38.4 Å². The first-order valence-electron chi connectivity index (χ1n) is 8.73. The summed E-state index contributed by atoms with van der Waals surface area (Å²) in [4.78, 5) is 6.64. The van der Waals surface area contributed by atoms with Gasteiger partial charge in [-0.15, -0.1) is 0 Å². The summed E-state index contributed by atoms with van der Waals surface area (Å²) in [6.07, 6.45) is 1.18. The van der Waals surface area contributed by atoms with Crippen molar-refractivity contribution < 1.29 is 13.5 Å². The number of aryl methyl sites for hydroxylation is 1. The molecule has 0 aromatic heterocycles. The first kappa shape index (κ1) is 19.4. The second kappa shape index (κ2) is 9.56. The molecule has 1 atom stereocenters. The molecule has 2 N–H and O–H groups in total. The van der Waals surface area contributed by atoms with Crippen molar-refractivity contribution in [1.82, 2.24) is 15.5 Å². The Hall–Kier alpha value is -1.89. The van der Waals surface area contributed by atoms with Gasteiger partial charge in [0.25, 0.3) is 0 Å². The molecule has 0 saturated carbocycles. The van der Waals surface area contributed by atoms with Crippen LogP contribution in [0.5, 0.6) is 5.75 Å². The van der Waals surface area contributed by atoms with Gasteiger partial charge in [-0.3, -0.25) is 4.99 Å². The number of likely N-dealkylation sites (tertiary alicyclic amines) is 1. The molecular formula is C18H28F2N4O. The van der Waals surface area contributed by atoms with Crippen LogP contribution < -0.4 is 15.4 Å². The van der Waals surface area contributed by atoms with E-state index in [1.165, 1.54) is 6.42 Å². The minimum Gasteiger partial charge on any atom is -0.434 e. The van der Waals surface area contributed by atoms with Crippen LogP contribution in [0.3, 0.4) is 0 Å². The number of hydrogen-bond acceptors (Lipinski definition) is 3. The van der Waals surface area contributed by atoms with Crippen molar-refractivity contribution in [2.75, 3.05) is 33.2 Å². The number of hydrogen-bond donors (Lipinski definition) is 2. The lowest BCUT2D eigenvalue weighted by atomic mass is 10.1. The van der Waals surface area contributed by atoms with Crippen molar-refractivity contribution in [3.05, 3.63) is 29.3 Å². The molecule has 0 radical (unpaired) electrons. The van der Waals surface area contributed by atoms with Crippen LogP contribution in [-0.4, -0.2) is 50.7 Å². The highest BCUT2D eigenvalue weighted by molar-refractivity contribution is 5.79. The van der Waals surface area contributed by atoms with Crippen molar-refractivity contribution in [1.29, 1.82) is 0 Å².